The fourth-order valence-corrected chi connectivity index (χ4v) is 2.85. The Bertz CT molecular complexity index is 914. The van der Waals surface area contributed by atoms with Gasteiger partial charge in [0.25, 0.3) is 5.56 Å². The zero-order valence-corrected chi connectivity index (χ0v) is 14.7. The third kappa shape index (κ3) is 4.02. The van der Waals surface area contributed by atoms with Crippen LogP contribution in [0.5, 0.6) is 11.5 Å². The molecule has 4 heteroatoms. The highest BCUT2D eigenvalue weighted by Crippen LogP contribution is 2.18. The minimum atomic E-state index is 0.0416. The predicted octanol–water partition coefficient (Wildman–Crippen LogP) is 4.18. The average Bonchev–Trinajstić information content (AvgIpc) is 2.64. The first-order chi connectivity index (χ1) is 12.2. The summed E-state index contributed by atoms with van der Waals surface area (Å²) in [5.74, 6) is 1.69. The molecule has 2 aromatic carbocycles. The number of pyridine rings is 1. The molecular weight excluding hydrogens is 314 g/mol. The lowest BCUT2D eigenvalue weighted by atomic mass is 10.1. The van der Waals surface area contributed by atoms with Crippen LogP contribution >= 0.6 is 0 Å². The standard InChI is InChI=1S/C21H23NO3/c1-16-7-3-4-8-20(16)25-14-6-5-12-22-13-11-17-15-18(24-2)9-10-19(17)21(22)23/h3-4,7-11,13,15H,5-6,12,14H2,1-2H3. The first kappa shape index (κ1) is 17.1. The SMILES string of the molecule is COc1ccc2c(=O)n(CCCCOc3ccccc3C)ccc2c1. The summed E-state index contributed by atoms with van der Waals surface area (Å²) in [6.07, 6.45) is 3.65. The summed E-state index contributed by atoms with van der Waals surface area (Å²) in [5, 5.41) is 1.63. The maximum atomic E-state index is 12.5. The molecule has 0 amide bonds. The van der Waals surface area contributed by atoms with Crippen LogP contribution < -0.4 is 15.0 Å². The quantitative estimate of drug-likeness (QED) is 0.607. The van der Waals surface area contributed by atoms with Crippen LogP contribution in [0, 0.1) is 6.92 Å². The smallest absolute Gasteiger partial charge is 0.258 e. The minimum Gasteiger partial charge on any atom is -0.497 e. The molecule has 0 atom stereocenters. The summed E-state index contributed by atoms with van der Waals surface area (Å²) in [6, 6.07) is 15.5. The summed E-state index contributed by atoms with van der Waals surface area (Å²) in [7, 11) is 1.63. The van der Waals surface area contributed by atoms with Gasteiger partial charge >= 0.3 is 0 Å². The molecule has 3 rings (SSSR count). The van der Waals surface area contributed by atoms with Gasteiger partial charge in [0.1, 0.15) is 11.5 Å². The maximum Gasteiger partial charge on any atom is 0.258 e. The minimum absolute atomic E-state index is 0.0416. The van der Waals surface area contributed by atoms with Gasteiger partial charge in [-0.1, -0.05) is 18.2 Å². The van der Waals surface area contributed by atoms with Crippen LogP contribution in [0.1, 0.15) is 18.4 Å². The van der Waals surface area contributed by atoms with Crippen LogP contribution in [0.25, 0.3) is 10.8 Å². The number of nitrogens with zero attached hydrogens (tertiary/aromatic N) is 1. The second-order valence-electron chi connectivity index (χ2n) is 6.09. The molecule has 4 nitrogen and oxygen atoms in total. The van der Waals surface area contributed by atoms with Crippen molar-refractivity contribution in [1.29, 1.82) is 0 Å². The topological polar surface area (TPSA) is 40.5 Å². The van der Waals surface area contributed by atoms with Crippen LogP contribution in [0.2, 0.25) is 0 Å². The number of hydrogen-bond donors (Lipinski definition) is 0. The molecule has 130 valence electrons. The number of para-hydroxylation sites is 1. The van der Waals surface area contributed by atoms with E-state index in [1.165, 1.54) is 0 Å². The molecule has 0 aliphatic carbocycles. The highest BCUT2D eigenvalue weighted by atomic mass is 16.5. The number of aromatic nitrogens is 1. The summed E-state index contributed by atoms with van der Waals surface area (Å²) >= 11 is 0. The van der Waals surface area contributed by atoms with Crippen LogP contribution in [-0.2, 0) is 6.54 Å². The first-order valence-corrected chi connectivity index (χ1v) is 8.54. The monoisotopic (exact) mass is 337 g/mol. The maximum absolute atomic E-state index is 12.5. The molecule has 0 spiro atoms. The number of hydrogen-bond acceptors (Lipinski definition) is 3. The molecule has 0 fully saturated rings. The Balaban J connectivity index is 1.57. The van der Waals surface area contributed by atoms with E-state index in [1.807, 2.05) is 61.7 Å². The Hall–Kier alpha value is -2.75. The summed E-state index contributed by atoms with van der Waals surface area (Å²) in [5.41, 5.74) is 1.18. The molecule has 0 saturated carbocycles. The van der Waals surface area contributed by atoms with Gasteiger partial charge in [-0.2, -0.15) is 0 Å². The lowest BCUT2D eigenvalue weighted by molar-refractivity contribution is 0.301. The molecule has 0 aliphatic rings. The van der Waals surface area contributed by atoms with E-state index in [9.17, 15) is 4.79 Å². The van der Waals surface area contributed by atoms with E-state index >= 15 is 0 Å². The molecule has 1 aromatic heterocycles. The number of unbranched alkanes of at least 4 members (excludes halogenated alkanes) is 1. The molecular formula is C21H23NO3. The number of fused-ring (bicyclic) bond motifs is 1. The Labute approximate surface area is 147 Å². The van der Waals surface area contributed by atoms with E-state index in [0.717, 1.165) is 40.7 Å². The van der Waals surface area contributed by atoms with Gasteiger partial charge < -0.3 is 14.0 Å². The van der Waals surface area contributed by atoms with Gasteiger partial charge in [-0.25, -0.2) is 0 Å². The molecule has 1 heterocycles. The Kier molecular flexibility index (Phi) is 5.39. The van der Waals surface area contributed by atoms with Crippen LogP contribution in [-0.4, -0.2) is 18.3 Å². The molecule has 0 aliphatic heterocycles. The van der Waals surface area contributed by atoms with Gasteiger partial charge in [0.15, 0.2) is 0 Å². The number of methoxy groups -OCH3 is 1. The molecule has 0 saturated heterocycles. The van der Waals surface area contributed by atoms with Crippen LogP contribution in [0.3, 0.4) is 0 Å². The molecule has 3 aromatic rings. The fourth-order valence-electron chi connectivity index (χ4n) is 2.85. The van der Waals surface area contributed by atoms with Crippen molar-refractivity contribution in [2.45, 2.75) is 26.3 Å². The third-order valence-electron chi connectivity index (χ3n) is 4.33. The summed E-state index contributed by atoms with van der Waals surface area (Å²) in [6.45, 7) is 3.39. The molecule has 25 heavy (non-hydrogen) atoms. The van der Waals surface area contributed by atoms with Crippen LogP contribution in [0.4, 0.5) is 0 Å². The van der Waals surface area contributed by atoms with Gasteiger partial charge in [-0.3, -0.25) is 4.79 Å². The van der Waals surface area contributed by atoms with Crippen molar-refractivity contribution < 1.29 is 9.47 Å². The van der Waals surface area contributed by atoms with Gasteiger partial charge in [0.2, 0.25) is 0 Å². The number of aryl methyl sites for hydroxylation is 2. The lowest BCUT2D eigenvalue weighted by Gasteiger charge is -2.10. The zero-order valence-electron chi connectivity index (χ0n) is 14.7. The van der Waals surface area contributed by atoms with Gasteiger partial charge in [-0.15, -0.1) is 0 Å². The van der Waals surface area contributed by atoms with Crippen molar-refractivity contribution in [3.8, 4) is 11.5 Å². The largest absolute Gasteiger partial charge is 0.497 e. The number of rotatable bonds is 7. The average molecular weight is 337 g/mol. The molecule has 0 radical (unpaired) electrons. The van der Waals surface area contributed by atoms with Gasteiger partial charge in [0, 0.05) is 18.1 Å². The van der Waals surface area contributed by atoms with E-state index in [4.69, 9.17) is 9.47 Å². The first-order valence-electron chi connectivity index (χ1n) is 8.54. The molecule has 0 unspecified atom stereocenters. The van der Waals surface area contributed by atoms with Crippen molar-refractivity contribution in [3.05, 3.63) is 70.6 Å². The van der Waals surface area contributed by atoms with E-state index < -0.39 is 0 Å². The van der Waals surface area contributed by atoms with Crippen molar-refractivity contribution in [3.63, 3.8) is 0 Å². The summed E-state index contributed by atoms with van der Waals surface area (Å²) < 4.78 is 12.8. The normalized spacial score (nSPS) is 10.8. The molecule has 0 bridgehead atoms. The van der Waals surface area contributed by atoms with Crippen molar-refractivity contribution in [2.75, 3.05) is 13.7 Å². The second kappa shape index (κ2) is 7.88. The van der Waals surface area contributed by atoms with E-state index in [2.05, 4.69) is 0 Å². The van der Waals surface area contributed by atoms with Crippen LogP contribution in [0.15, 0.2) is 59.5 Å². The van der Waals surface area contributed by atoms with Crippen molar-refractivity contribution in [1.82, 2.24) is 4.57 Å². The predicted molar refractivity (Wildman–Crippen MR) is 101 cm³/mol. The van der Waals surface area contributed by atoms with Gasteiger partial charge in [0.05, 0.1) is 13.7 Å². The Morgan fingerprint density at radius 1 is 1.04 bits per heavy atom. The Morgan fingerprint density at radius 2 is 1.88 bits per heavy atom. The summed E-state index contributed by atoms with van der Waals surface area (Å²) in [4.78, 5) is 12.5. The highest BCUT2D eigenvalue weighted by Gasteiger charge is 2.04. The van der Waals surface area contributed by atoms with Gasteiger partial charge in [-0.05, 0) is 61.0 Å². The molecule has 0 N–H and O–H groups in total. The van der Waals surface area contributed by atoms with Crippen molar-refractivity contribution in [2.24, 2.45) is 0 Å². The Morgan fingerprint density at radius 3 is 2.68 bits per heavy atom. The fraction of sp³-hybridized carbons (Fsp3) is 0.286. The van der Waals surface area contributed by atoms with E-state index in [1.54, 1.807) is 11.7 Å². The number of benzene rings is 2. The van der Waals surface area contributed by atoms with Crippen molar-refractivity contribution >= 4 is 10.8 Å². The van der Waals surface area contributed by atoms with E-state index in [0.29, 0.717) is 13.2 Å². The third-order valence-corrected chi connectivity index (χ3v) is 4.33. The highest BCUT2D eigenvalue weighted by molar-refractivity contribution is 5.82. The van der Waals surface area contributed by atoms with E-state index in [-0.39, 0.29) is 5.56 Å². The lowest BCUT2D eigenvalue weighted by Crippen LogP contribution is -2.19. The second-order valence-corrected chi connectivity index (χ2v) is 6.09. The zero-order chi connectivity index (χ0) is 17.6. The number of ether oxygens (including phenoxy) is 2.